The molecule has 3 heterocycles. The second-order valence-corrected chi connectivity index (χ2v) is 6.94. The highest BCUT2D eigenvalue weighted by molar-refractivity contribution is 5.95. The minimum absolute atomic E-state index is 0.218. The number of benzene rings is 1. The van der Waals surface area contributed by atoms with E-state index in [1.165, 1.54) is 24.0 Å². The Morgan fingerprint density at radius 3 is 3.04 bits per heavy atom. The monoisotopic (exact) mass is 324 g/mol. The topological polar surface area (TPSA) is 41.4 Å². The van der Waals surface area contributed by atoms with Gasteiger partial charge in [-0.15, -0.1) is 0 Å². The van der Waals surface area contributed by atoms with Crippen LogP contribution >= 0.6 is 0 Å². The quantitative estimate of drug-likeness (QED) is 0.867. The Morgan fingerprint density at radius 1 is 1.29 bits per heavy atom. The Morgan fingerprint density at radius 2 is 2.21 bits per heavy atom. The van der Waals surface area contributed by atoms with Gasteiger partial charge in [0, 0.05) is 50.7 Å². The molecule has 2 aliphatic heterocycles. The van der Waals surface area contributed by atoms with Crippen molar-refractivity contribution in [2.24, 2.45) is 0 Å². The van der Waals surface area contributed by atoms with Crippen molar-refractivity contribution in [1.82, 2.24) is 14.5 Å². The Kier molecular flexibility index (Phi) is 4.10. The van der Waals surface area contributed by atoms with Gasteiger partial charge in [0.15, 0.2) is 0 Å². The van der Waals surface area contributed by atoms with Crippen LogP contribution in [0.3, 0.4) is 0 Å². The van der Waals surface area contributed by atoms with E-state index in [0.717, 1.165) is 31.7 Å². The number of fused-ring (bicyclic) bond motifs is 1. The molecule has 0 aliphatic carbocycles. The molecule has 5 heteroatoms. The molecule has 24 heavy (non-hydrogen) atoms. The molecule has 0 N–H and O–H groups in total. The summed E-state index contributed by atoms with van der Waals surface area (Å²) in [5, 5.41) is 0. The van der Waals surface area contributed by atoms with Crippen LogP contribution in [-0.4, -0.2) is 40.0 Å². The molecule has 1 atom stereocenters. The number of rotatable bonds is 4. The van der Waals surface area contributed by atoms with Crippen molar-refractivity contribution in [3.63, 3.8) is 0 Å². The molecule has 4 rings (SSSR count). The molecule has 2 aromatic rings. The molecule has 1 fully saturated rings. The third kappa shape index (κ3) is 2.96. The van der Waals surface area contributed by atoms with Gasteiger partial charge in [-0.25, -0.2) is 4.98 Å². The van der Waals surface area contributed by atoms with Crippen LogP contribution < -0.4 is 4.90 Å². The molecule has 0 radical (unpaired) electrons. The van der Waals surface area contributed by atoms with Crippen LogP contribution in [0.2, 0.25) is 0 Å². The molecule has 2 aliphatic rings. The molecule has 1 aromatic carbocycles. The second kappa shape index (κ2) is 6.40. The lowest BCUT2D eigenvalue weighted by Crippen LogP contribution is -2.33. The van der Waals surface area contributed by atoms with Gasteiger partial charge < -0.3 is 9.47 Å². The van der Waals surface area contributed by atoms with Crippen LogP contribution in [0.25, 0.3) is 0 Å². The molecule has 0 bridgehead atoms. The van der Waals surface area contributed by atoms with Crippen LogP contribution in [0.5, 0.6) is 0 Å². The number of aryl methyl sites for hydroxylation is 1. The number of hydrogen-bond acceptors (Lipinski definition) is 3. The first kappa shape index (κ1) is 15.4. The van der Waals surface area contributed by atoms with Crippen molar-refractivity contribution in [2.45, 2.75) is 44.8 Å². The number of carbonyl (C=O) groups is 1. The van der Waals surface area contributed by atoms with Gasteiger partial charge in [0.05, 0.1) is 6.33 Å². The number of anilines is 1. The molecule has 0 saturated carbocycles. The van der Waals surface area contributed by atoms with Crippen molar-refractivity contribution in [3.05, 3.63) is 48.0 Å². The number of nitrogens with zero attached hydrogens (tertiary/aromatic N) is 4. The van der Waals surface area contributed by atoms with Crippen LogP contribution in [0.15, 0.2) is 36.9 Å². The average molecular weight is 324 g/mol. The summed E-state index contributed by atoms with van der Waals surface area (Å²) in [4.78, 5) is 20.3. The fraction of sp³-hybridized carbons (Fsp3) is 0.474. The van der Waals surface area contributed by atoms with E-state index >= 15 is 0 Å². The van der Waals surface area contributed by atoms with E-state index in [9.17, 15) is 4.79 Å². The third-order valence-corrected chi connectivity index (χ3v) is 5.35. The Hall–Kier alpha value is -2.14. The van der Waals surface area contributed by atoms with Crippen molar-refractivity contribution >= 4 is 11.6 Å². The molecule has 5 nitrogen and oxygen atoms in total. The number of aromatic nitrogens is 2. The maximum atomic E-state index is 11.8. The van der Waals surface area contributed by atoms with Gasteiger partial charge in [-0.3, -0.25) is 9.69 Å². The zero-order valence-electron chi connectivity index (χ0n) is 14.2. The van der Waals surface area contributed by atoms with Crippen LogP contribution in [0.4, 0.5) is 5.69 Å². The molecular formula is C19H24N4O. The van der Waals surface area contributed by atoms with Crippen molar-refractivity contribution in [2.75, 3.05) is 18.5 Å². The number of hydrogen-bond donors (Lipinski definition) is 0. The maximum absolute atomic E-state index is 11.8. The van der Waals surface area contributed by atoms with Gasteiger partial charge in [0.2, 0.25) is 5.91 Å². The third-order valence-electron chi connectivity index (χ3n) is 5.35. The van der Waals surface area contributed by atoms with Gasteiger partial charge in [0.1, 0.15) is 0 Å². The largest absolute Gasteiger partial charge is 0.336 e. The summed E-state index contributed by atoms with van der Waals surface area (Å²) in [5.74, 6) is 0.218. The Balaban J connectivity index is 1.47. The summed E-state index contributed by atoms with van der Waals surface area (Å²) in [6.45, 7) is 3.17. The fourth-order valence-corrected chi connectivity index (χ4v) is 3.99. The molecule has 1 amide bonds. The highest BCUT2D eigenvalue weighted by Crippen LogP contribution is 2.29. The summed E-state index contributed by atoms with van der Waals surface area (Å²) < 4.78 is 2.18. The predicted octanol–water partition coefficient (Wildman–Crippen LogP) is 2.46. The summed E-state index contributed by atoms with van der Waals surface area (Å²) in [6, 6.07) is 7.17. The SMILES string of the molecule is CN1C(=O)CCc2cc(CN3CCCC3Cn3ccnc3)ccc21. The van der Waals surface area contributed by atoms with Crippen LogP contribution in [-0.2, 0) is 24.3 Å². The standard InChI is InChI=1S/C19H24N4O/c1-21-18-6-4-15(11-16(18)5-7-19(21)24)12-23-9-2-3-17(23)13-22-10-8-20-14-22/h4,6,8,10-11,14,17H,2-3,5,7,9,12-13H2,1H3. The number of likely N-dealkylation sites (tertiary alicyclic amines) is 1. The average Bonchev–Trinajstić information content (AvgIpc) is 3.24. The van der Waals surface area contributed by atoms with E-state index in [2.05, 4.69) is 32.7 Å². The highest BCUT2D eigenvalue weighted by Gasteiger charge is 2.26. The first-order valence-electron chi connectivity index (χ1n) is 8.79. The van der Waals surface area contributed by atoms with Gasteiger partial charge in [-0.05, 0) is 43.0 Å². The molecule has 126 valence electrons. The zero-order valence-corrected chi connectivity index (χ0v) is 14.2. The van der Waals surface area contributed by atoms with E-state index in [4.69, 9.17) is 0 Å². The normalized spacial score (nSPS) is 21.3. The van der Waals surface area contributed by atoms with E-state index in [1.54, 1.807) is 4.90 Å². The number of carbonyl (C=O) groups excluding carboxylic acids is 1. The Labute approximate surface area is 142 Å². The van der Waals surface area contributed by atoms with Gasteiger partial charge >= 0.3 is 0 Å². The van der Waals surface area contributed by atoms with Gasteiger partial charge in [-0.1, -0.05) is 12.1 Å². The lowest BCUT2D eigenvalue weighted by atomic mass is 9.99. The molecule has 1 saturated heterocycles. The second-order valence-electron chi connectivity index (χ2n) is 6.94. The number of amides is 1. The molecule has 1 aromatic heterocycles. The zero-order chi connectivity index (χ0) is 16.5. The van der Waals surface area contributed by atoms with Crippen LogP contribution in [0.1, 0.15) is 30.4 Å². The molecule has 1 unspecified atom stereocenters. The van der Waals surface area contributed by atoms with Gasteiger partial charge in [0.25, 0.3) is 0 Å². The summed E-state index contributed by atoms with van der Waals surface area (Å²) in [6.07, 6.45) is 9.80. The number of imidazole rings is 1. The first-order valence-corrected chi connectivity index (χ1v) is 8.79. The minimum Gasteiger partial charge on any atom is -0.336 e. The highest BCUT2D eigenvalue weighted by atomic mass is 16.2. The Bertz CT molecular complexity index is 725. The molecule has 0 spiro atoms. The smallest absolute Gasteiger partial charge is 0.227 e. The summed E-state index contributed by atoms with van der Waals surface area (Å²) in [7, 11) is 1.88. The van der Waals surface area contributed by atoms with Gasteiger partial charge in [-0.2, -0.15) is 0 Å². The van der Waals surface area contributed by atoms with Crippen molar-refractivity contribution < 1.29 is 4.79 Å². The fourth-order valence-electron chi connectivity index (χ4n) is 3.99. The minimum atomic E-state index is 0.218. The van der Waals surface area contributed by atoms with E-state index in [1.807, 2.05) is 25.8 Å². The lowest BCUT2D eigenvalue weighted by Gasteiger charge is -2.28. The summed E-state index contributed by atoms with van der Waals surface area (Å²) >= 11 is 0. The lowest BCUT2D eigenvalue weighted by molar-refractivity contribution is -0.118. The summed E-state index contributed by atoms with van der Waals surface area (Å²) in [5.41, 5.74) is 3.74. The molecular weight excluding hydrogens is 300 g/mol. The predicted molar refractivity (Wildman–Crippen MR) is 93.8 cm³/mol. The van der Waals surface area contributed by atoms with E-state index < -0.39 is 0 Å². The van der Waals surface area contributed by atoms with Crippen molar-refractivity contribution in [3.8, 4) is 0 Å². The first-order chi connectivity index (χ1) is 11.7. The van der Waals surface area contributed by atoms with Crippen LogP contribution in [0, 0.1) is 0 Å². The van der Waals surface area contributed by atoms with Crippen molar-refractivity contribution in [1.29, 1.82) is 0 Å². The maximum Gasteiger partial charge on any atom is 0.227 e. The van der Waals surface area contributed by atoms with E-state index in [-0.39, 0.29) is 5.91 Å². The van der Waals surface area contributed by atoms with E-state index in [0.29, 0.717) is 12.5 Å².